The fourth-order valence-electron chi connectivity index (χ4n) is 2.67. The summed E-state index contributed by atoms with van der Waals surface area (Å²) in [7, 11) is 3.30. The Morgan fingerprint density at radius 3 is 2.41 bits per heavy atom. The van der Waals surface area contributed by atoms with Crippen molar-refractivity contribution in [2.24, 2.45) is 0 Å². The predicted octanol–water partition coefficient (Wildman–Crippen LogP) is 3.32. The van der Waals surface area contributed by atoms with Gasteiger partial charge in [0, 0.05) is 25.2 Å². The van der Waals surface area contributed by atoms with Crippen molar-refractivity contribution >= 4 is 23.2 Å². The zero-order valence-electron chi connectivity index (χ0n) is 12.3. The summed E-state index contributed by atoms with van der Waals surface area (Å²) in [6, 6.07) is 5.75. The van der Waals surface area contributed by atoms with Crippen molar-refractivity contribution < 1.29 is 9.47 Å². The number of nitrogens with zero attached hydrogens (tertiary/aromatic N) is 3. The van der Waals surface area contributed by atoms with E-state index < -0.39 is 0 Å². The number of hydrogen-bond acceptors (Lipinski definition) is 5. The van der Waals surface area contributed by atoms with Gasteiger partial charge in [-0.25, -0.2) is 9.97 Å². The zero-order chi connectivity index (χ0) is 15.7. The Balaban J connectivity index is 1.86. The monoisotopic (exact) mass is 339 g/mol. The van der Waals surface area contributed by atoms with Crippen LogP contribution in [0.4, 0.5) is 0 Å². The third-order valence-corrected chi connectivity index (χ3v) is 4.16. The summed E-state index contributed by atoms with van der Waals surface area (Å²) in [5, 5.41) is 0.602. The summed E-state index contributed by atoms with van der Waals surface area (Å²) in [6.07, 6.45) is 0. The highest BCUT2D eigenvalue weighted by molar-refractivity contribution is 6.32. The maximum absolute atomic E-state index is 6.15. The number of halogens is 2. The van der Waals surface area contributed by atoms with E-state index in [9.17, 15) is 0 Å². The first-order valence-electron chi connectivity index (χ1n) is 6.75. The molecule has 5 nitrogen and oxygen atoms in total. The second-order valence-corrected chi connectivity index (χ2v) is 5.69. The molecule has 1 aromatic heterocycles. The molecule has 0 saturated carbocycles. The van der Waals surface area contributed by atoms with E-state index in [1.807, 2.05) is 18.2 Å². The predicted molar refractivity (Wildman–Crippen MR) is 84.5 cm³/mol. The number of aromatic nitrogens is 2. The van der Waals surface area contributed by atoms with Crippen LogP contribution in [0, 0.1) is 0 Å². The normalized spacial score (nSPS) is 14.0. The van der Waals surface area contributed by atoms with Crippen molar-refractivity contribution in [3.05, 3.63) is 45.5 Å². The van der Waals surface area contributed by atoms with Crippen LogP contribution in [-0.4, -0.2) is 29.1 Å². The summed E-state index contributed by atoms with van der Waals surface area (Å²) >= 11 is 12.0. The van der Waals surface area contributed by atoms with Gasteiger partial charge in [-0.05, 0) is 23.7 Å². The Bertz CT molecular complexity index is 687. The Kier molecular flexibility index (Phi) is 4.38. The zero-order valence-corrected chi connectivity index (χ0v) is 13.8. The van der Waals surface area contributed by atoms with Gasteiger partial charge < -0.3 is 9.47 Å². The first-order chi connectivity index (χ1) is 10.6. The van der Waals surface area contributed by atoms with Gasteiger partial charge in [0.15, 0.2) is 0 Å². The molecule has 0 atom stereocenters. The maximum Gasteiger partial charge on any atom is 0.224 e. The first kappa shape index (κ1) is 15.3. The van der Waals surface area contributed by atoms with E-state index >= 15 is 0 Å². The van der Waals surface area contributed by atoms with E-state index in [0.29, 0.717) is 24.8 Å². The molecular formula is C15H15Cl2N3O2. The molecule has 0 fully saturated rings. The topological polar surface area (TPSA) is 47.5 Å². The van der Waals surface area contributed by atoms with Crippen LogP contribution in [0.1, 0.15) is 16.8 Å². The Labute approximate surface area is 138 Å². The van der Waals surface area contributed by atoms with Crippen molar-refractivity contribution in [1.29, 1.82) is 0 Å². The van der Waals surface area contributed by atoms with E-state index in [1.165, 1.54) is 0 Å². The quantitative estimate of drug-likeness (QED) is 0.631. The second kappa shape index (κ2) is 6.28. The van der Waals surface area contributed by atoms with Gasteiger partial charge in [-0.15, -0.1) is 0 Å². The molecule has 2 heterocycles. The highest BCUT2D eigenvalue weighted by atomic mass is 35.5. The van der Waals surface area contributed by atoms with E-state index in [1.54, 1.807) is 14.2 Å². The molecule has 1 aliphatic rings. The van der Waals surface area contributed by atoms with Crippen LogP contribution in [0.25, 0.3) is 0 Å². The average Bonchev–Trinajstić information content (AvgIpc) is 2.90. The van der Waals surface area contributed by atoms with Crippen LogP contribution in [0.3, 0.4) is 0 Å². The molecule has 1 aromatic carbocycles. The minimum absolute atomic E-state index is 0.181. The van der Waals surface area contributed by atoms with Crippen molar-refractivity contribution in [2.75, 3.05) is 14.2 Å². The lowest BCUT2D eigenvalue weighted by Gasteiger charge is -2.19. The summed E-state index contributed by atoms with van der Waals surface area (Å²) in [5.41, 5.74) is 2.80. The van der Waals surface area contributed by atoms with Crippen molar-refractivity contribution in [3.8, 4) is 11.5 Å². The molecule has 0 N–H and O–H groups in total. The molecular weight excluding hydrogens is 325 g/mol. The van der Waals surface area contributed by atoms with Gasteiger partial charge in [-0.1, -0.05) is 17.7 Å². The molecule has 7 heteroatoms. The average molecular weight is 340 g/mol. The lowest BCUT2D eigenvalue weighted by molar-refractivity contribution is 0.262. The van der Waals surface area contributed by atoms with Gasteiger partial charge in [-0.3, -0.25) is 4.90 Å². The van der Waals surface area contributed by atoms with Gasteiger partial charge in [-0.2, -0.15) is 0 Å². The summed E-state index contributed by atoms with van der Waals surface area (Å²) in [6.45, 7) is 2.00. The molecule has 1 aliphatic heterocycles. The molecule has 3 rings (SSSR count). The van der Waals surface area contributed by atoms with Gasteiger partial charge in [0.1, 0.15) is 16.7 Å². The molecule has 22 heavy (non-hydrogen) atoms. The Morgan fingerprint density at radius 2 is 1.77 bits per heavy atom. The molecule has 0 aliphatic carbocycles. The number of fused-ring (bicyclic) bond motifs is 1. The lowest BCUT2D eigenvalue weighted by atomic mass is 10.1. The molecule has 0 radical (unpaired) electrons. The molecule has 0 saturated heterocycles. The minimum atomic E-state index is 0.181. The minimum Gasteiger partial charge on any atom is -0.496 e. The molecule has 116 valence electrons. The van der Waals surface area contributed by atoms with Gasteiger partial charge in [0.2, 0.25) is 5.28 Å². The largest absolute Gasteiger partial charge is 0.496 e. The summed E-state index contributed by atoms with van der Waals surface area (Å²) in [4.78, 5) is 10.5. The summed E-state index contributed by atoms with van der Waals surface area (Å²) in [5.74, 6) is 1.59. The number of methoxy groups -OCH3 is 2. The van der Waals surface area contributed by atoms with E-state index in [0.717, 1.165) is 28.3 Å². The van der Waals surface area contributed by atoms with Crippen LogP contribution in [0.15, 0.2) is 18.2 Å². The van der Waals surface area contributed by atoms with E-state index in [4.69, 9.17) is 32.7 Å². The van der Waals surface area contributed by atoms with Crippen molar-refractivity contribution in [1.82, 2.24) is 14.9 Å². The van der Waals surface area contributed by atoms with Crippen LogP contribution in [0.2, 0.25) is 10.4 Å². The van der Waals surface area contributed by atoms with Gasteiger partial charge in [0.25, 0.3) is 0 Å². The summed E-state index contributed by atoms with van der Waals surface area (Å²) < 4.78 is 10.9. The van der Waals surface area contributed by atoms with Crippen molar-refractivity contribution in [3.63, 3.8) is 0 Å². The van der Waals surface area contributed by atoms with E-state index in [2.05, 4.69) is 14.9 Å². The molecule has 0 amide bonds. The molecule has 0 bridgehead atoms. The van der Waals surface area contributed by atoms with Gasteiger partial charge >= 0.3 is 0 Å². The number of ether oxygens (including phenoxy) is 2. The third-order valence-electron chi connectivity index (χ3n) is 3.68. The molecule has 2 aromatic rings. The number of rotatable bonds is 4. The molecule has 0 unspecified atom stereocenters. The fraction of sp³-hybridized carbons (Fsp3) is 0.333. The fourth-order valence-corrected chi connectivity index (χ4v) is 3.15. The smallest absolute Gasteiger partial charge is 0.224 e. The van der Waals surface area contributed by atoms with Gasteiger partial charge in [0.05, 0.1) is 25.5 Å². The Morgan fingerprint density at radius 1 is 1.09 bits per heavy atom. The molecule has 0 spiro atoms. The number of hydrogen-bond donors (Lipinski definition) is 0. The highest BCUT2D eigenvalue weighted by Gasteiger charge is 2.26. The lowest BCUT2D eigenvalue weighted by Crippen LogP contribution is -2.17. The maximum atomic E-state index is 6.15. The van der Waals surface area contributed by atoms with Crippen LogP contribution in [0.5, 0.6) is 11.5 Å². The van der Waals surface area contributed by atoms with Crippen molar-refractivity contribution in [2.45, 2.75) is 19.6 Å². The van der Waals surface area contributed by atoms with Crippen LogP contribution in [-0.2, 0) is 19.6 Å². The third kappa shape index (κ3) is 2.84. The van der Waals surface area contributed by atoms with Crippen LogP contribution < -0.4 is 9.47 Å². The first-order valence-corrected chi connectivity index (χ1v) is 7.51. The van der Waals surface area contributed by atoms with E-state index in [-0.39, 0.29) is 5.28 Å². The second-order valence-electron chi connectivity index (χ2n) is 4.99. The standard InChI is InChI=1S/C15H15Cl2N3O2/c1-21-12-4-3-5-13(22-2)10(12)7-20-6-9-11(8-20)18-15(17)19-14(9)16/h3-5H,6-8H2,1-2H3. The Hall–Kier alpha value is -1.56. The SMILES string of the molecule is COc1cccc(OC)c1CN1Cc2nc(Cl)nc(Cl)c2C1. The van der Waals surface area contributed by atoms with Crippen LogP contribution >= 0.6 is 23.2 Å². The number of benzene rings is 1. The highest BCUT2D eigenvalue weighted by Crippen LogP contribution is 2.34.